The number of hydrogen-bond donors (Lipinski definition) is 1. The van der Waals surface area contributed by atoms with Gasteiger partial charge in [-0.15, -0.1) is 0 Å². The van der Waals surface area contributed by atoms with E-state index in [2.05, 4.69) is 21.9 Å². The molecule has 1 aromatic rings. The Kier molecular flexibility index (Phi) is 1.99. The van der Waals surface area contributed by atoms with E-state index in [1.807, 2.05) is 13.1 Å². The Labute approximate surface area is 59.8 Å². The Morgan fingerprint density at radius 3 is 3.00 bits per heavy atom. The highest BCUT2D eigenvalue weighted by atomic mass is 15.0. The SMILES string of the molecule is C=Cc1cc(NC)ncn1. The number of hydrogen-bond acceptors (Lipinski definition) is 3. The largest absolute Gasteiger partial charge is 0.373 e. The fourth-order valence-electron chi connectivity index (χ4n) is 0.621. The molecular weight excluding hydrogens is 126 g/mol. The van der Waals surface area contributed by atoms with Gasteiger partial charge in [-0.25, -0.2) is 9.97 Å². The molecule has 0 saturated carbocycles. The first-order chi connectivity index (χ1) is 4.86. The minimum absolute atomic E-state index is 0.810. The molecule has 0 saturated heterocycles. The predicted octanol–water partition coefficient (Wildman–Crippen LogP) is 1.16. The molecule has 1 heterocycles. The highest BCUT2D eigenvalue weighted by Gasteiger charge is 1.89. The summed E-state index contributed by atoms with van der Waals surface area (Å²) in [5, 5.41) is 2.90. The van der Waals surface area contributed by atoms with Crippen LogP contribution in [0.5, 0.6) is 0 Å². The molecule has 1 rings (SSSR count). The third-order valence-electron chi connectivity index (χ3n) is 1.15. The maximum Gasteiger partial charge on any atom is 0.129 e. The Morgan fingerprint density at radius 1 is 1.60 bits per heavy atom. The summed E-state index contributed by atoms with van der Waals surface area (Å²) in [5.41, 5.74) is 0.833. The molecule has 3 nitrogen and oxygen atoms in total. The Morgan fingerprint density at radius 2 is 2.40 bits per heavy atom. The Bertz CT molecular complexity index is 232. The Balaban J connectivity index is 2.98. The molecule has 0 aliphatic rings. The van der Waals surface area contributed by atoms with E-state index in [0.29, 0.717) is 0 Å². The van der Waals surface area contributed by atoms with Crippen LogP contribution in [0.25, 0.3) is 6.08 Å². The summed E-state index contributed by atoms with van der Waals surface area (Å²) >= 11 is 0. The van der Waals surface area contributed by atoms with Crippen LogP contribution in [0.15, 0.2) is 19.0 Å². The van der Waals surface area contributed by atoms with Crippen molar-refractivity contribution in [3.05, 3.63) is 24.7 Å². The molecule has 10 heavy (non-hydrogen) atoms. The van der Waals surface area contributed by atoms with Crippen LogP contribution < -0.4 is 5.32 Å². The predicted molar refractivity (Wildman–Crippen MR) is 41.7 cm³/mol. The first kappa shape index (κ1) is 6.74. The molecule has 0 spiro atoms. The molecule has 0 aliphatic carbocycles. The van der Waals surface area contributed by atoms with Gasteiger partial charge in [0.15, 0.2) is 0 Å². The third-order valence-corrected chi connectivity index (χ3v) is 1.15. The number of nitrogens with zero attached hydrogens (tertiary/aromatic N) is 2. The zero-order valence-corrected chi connectivity index (χ0v) is 5.83. The van der Waals surface area contributed by atoms with E-state index in [0.717, 1.165) is 11.5 Å². The minimum atomic E-state index is 0.810. The highest BCUT2D eigenvalue weighted by molar-refractivity contribution is 5.47. The van der Waals surface area contributed by atoms with Crippen molar-refractivity contribution in [3.63, 3.8) is 0 Å². The van der Waals surface area contributed by atoms with Gasteiger partial charge >= 0.3 is 0 Å². The molecule has 0 amide bonds. The van der Waals surface area contributed by atoms with Gasteiger partial charge < -0.3 is 5.32 Å². The summed E-state index contributed by atoms with van der Waals surface area (Å²) in [6.45, 7) is 3.59. The van der Waals surface area contributed by atoms with Crippen molar-refractivity contribution in [2.75, 3.05) is 12.4 Å². The average Bonchev–Trinajstić information content (AvgIpc) is 2.05. The summed E-state index contributed by atoms with van der Waals surface area (Å²) in [7, 11) is 1.81. The first-order valence-corrected chi connectivity index (χ1v) is 2.99. The van der Waals surface area contributed by atoms with E-state index in [-0.39, 0.29) is 0 Å². The second-order valence-electron chi connectivity index (χ2n) is 1.78. The third kappa shape index (κ3) is 1.31. The monoisotopic (exact) mass is 135 g/mol. The van der Waals surface area contributed by atoms with Crippen LogP contribution in [0, 0.1) is 0 Å². The van der Waals surface area contributed by atoms with Crippen LogP contribution in [-0.4, -0.2) is 17.0 Å². The second kappa shape index (κ2) is 2.96. The van der Waals surface area contributed by atoms with Crippen molar-refractivity contribution in [1.82, 2.24) is 9.97 Å². The second-order valence-corrected chi connectivity index (χ2v) is 1.78. The molecular formula is C7H9N3. The van der Waals surface area contributed by atoms with Crippen LogP contribution >= 0.6 is 0 Å². The molecule has 0 bridgehead atoms. The lowest BCUT2D eigenvalue weighted by Crippen LogP contribution is -1.93. The van der Waals surface area contributed by atoms with Crippen LogP contribution in [0.3, 0.4) is 0 Å². The quantitative estimate of drug-likeness (QED) is 0.661. The minimum Gasteiger partial charge on any atom is -0.373 e. The molecule has 0 atom stereocenters. The summed E-state index contributed by atoms with van der Waals surface area (Å²) in [5.74, 6) is 0.810. The van der Waals surface area contributed by atoms with Gasteiger partial charge in [0.05, 0.1) is 5.69 Å². The van der Waals surface area contributed by atoms with Crippen molar-refractivity contribution in [1.29, 1.82) is 0 Å². The van der Waals surface area contributed by atoms with Crippen LogP contribution in [0.4, 0.5) is 5.82 Å². The molecule has 52 valence electrons. The van der Waals surface area contributed by atoms with Gasteiger partial charge in [0, 0.05) is 13.1 Å². The number of aromatic nitrogens is 2. The van der Waals surface area contributed by atoms with E-state index in [9.17, 15) is 0 Å². The van der Waals surface area contributed by atoms with Crippen molar-refractivity contribution < 1.29 is 0 Å². The van der Waals surface area contributed by atoms with Crippen molar-refractivity contribution >= 4 is 11.9 Å². The van der Waals surface area contributed by atoms with Crippen LogP contribution in [-0.2, 0) is 0 Å². The lowest BCUT2D eigenvalue weighted by atomic mass is 10.4. The topological polar surface area (TPSA) is 37.8 Å². The van der Waals surface area contributed by atoms with Crippen molar-refractivity contribution in [3.8, 4) is 0 Å². The van der Waals surface area contributed by atoms with Gasteiger partial charge in [-0.05, 0) is 6.08 Å². The van der Waals surface area contributed by atoms with Crippen molar-refractivity contribution in [2.45, 2.75) is 0 Å². The summed E-state index contributed by atoms with van der Waals surface area (Å²) in [6.07, 6.45) is 3.19. The molecule has 0 unspecified atom stereocenters. The lowest BCUT2D eigenvalue weighted by molar-refractivity contribution is 1.14. The molecule has 0 aliphatic heterocycles. The average molecular weight is 135 g/mol. The van der Waals surface area contributed by atoms with Gasteiger partial charge in [-0.3, -0.25) is 0 Å². The molecule has 0 aromatic carbocycles. The normalized spacial score (nSPS) is 8.90. The first-order valence-electron chi connectivity index (χ1n) is 2.99. The van der Waals surface area contributed by atoms with E-state index in [1.165, 1.54) is 6.33 Å². The van der Waals surface area contributed by atoms with E-state index < -0.39 is 0 Å². The lowest BCUT2D eigenvalue weighted by Gasteiger charge is -1.96. The van der Waals surface area contributed by atoms with Crippen LogP contribution in [0.2, 0.25) is 0 Å². The van der Waals surface area contributed by atoms with Gasteiger partial charge in [-0.1, -0.05) is 6.58 Å². The number of anilines is 1. The summed E-state index contributed by atoms with van der Waals surface area (Å²) in [6, 6.07) is 1.83. The van der Waals surface area contributed by atoms with Gasteiger partial charge in [0.1, 0.15) is 12.1 Å². The van der Waals surface area contributed by atoms with E-state index >= 15 is 0 Å². The maximum atomic E-state index is 3.94. The van der Waals surface area contributed by atoms with Crippen LogP contribution in [0.1, 0.15) is 5.69 Å². The standard InChI is InChI=1S/C7H9N3/c1-3-6-4-7(8-2)10-5-9-6/h3-5H,1H2,2H3,(H,8,9,10). The maximum absolute atomic E-state index is 3.94. The fraction of sp³-hybridized carbons (Fsp3) is 0.143. The van der Waals surface area contributed by atoms with Gasteiger partial charge in [-0.2, -0.15) is 0 Å². The zero-order valence-electron chi connectivity index (χ0n) is 5.83. The molecule has 3 heteroatoms. The van der Waals surface area contributed by atoms with E-state index in [1.54, 1.807) is 6.08 Å². The molecule has 0 radical (unpaired) electrons. The van der Waals surface area contributed by atoms with Gasteiger partial charge in [0.25, 0.3) is 0 Å². The molecule has 1 N–H and O–H groups in total. The number of rotatable bonds is 2. The van der Waals surface area contributed by atoms with Gasteiger partial charge in [0.2, 0.25) is 0 Å². The summed E-state index contributed by atoms with van der Waals surface area (Å²) < 4.78 is 0. The Hall–Kier alpha value is -1.38. The highest BCUT2D eigenvalue weighted by Crippen LogP contribution is 2.02. The number of nitrogens with one attached hydrogen (secondary N) is 1. The molecule has 0 fully saturated rings. The van der Waals surface area contributed by atoms with E-state index in [4.69, 9.17) is 0 Å². The molecule has 1 aromatic heterocycles. The summed E-state index contributed by atoms with van der Waals surface area (Å²) in [4.78, 5) is 7.87. The fourth-order valence-corrected chi connectivity index (χ4v) is 0.621. The smallest absolute Gasteiger partial charge is 0.129 e. The van der Waals surface area contributed by atoms with Crippen molar-refractivity contribution in [2.24, 2.45) is 0 Å². The zero-order chi connectivity index (χ0) is 7.40.